The molecule has 1 unspecified atom stereocenters. The van der Waals surface area contributed by atoms with Crippen LogP contribution in [0.15, 0.2) is 35.3 Å². The third-order valence-electron chi connectivity index (χ3n) is 2.47. The lowest BCUT2D eigenvalue weighted by Crippen LogP contribution is -2.37. The molecule has 0 fully saturated rings. The number of benzene rings is 1. The minimum Gasteiger partial charge on any atom is -0.374 e. The molecule has 0 saturated carbocycles. The average molecular weight is 351 g/mol. The molecule has 3 nitrogen and oxygen atoms in total. The number of carbonyl (C=O) groups excluding carboxylic acids is 1. The van der Waals surface area contributed by atoms with Crippen LogP contribution in [-0.2, 0) is 11.0 Å². The molecule has 1 atom stereocenters. The molecule has 0 spiro atoms. The topological polar surface area (TPSA) is 41.1 Å². The van der Waals surface area contributed by atoms with E-state index >= 15 is 0 Å². The van der Waals surface area contributed by atoms with Crippen molar-refractivity contribution in [2.24, 2.45) is 0 Å². The third kappa shape index (κ3) is 4.56. The monoisotopic (exact) mass is 350 g/mol. The normalized spacial score (nSPS) is 12.7. The molecule has 0 bridgehead atoms. The zero-order valence-corrected chi connectivity index (χ0v) is 12.3. The summed E-state index contributed by atoms with van der Waals surface area (Å²) in [6.45, 7) is 5.33. The van der Waals surface area contributed by atoms with E-state index < -0.39 is 17.8 Å². The second-order valence-electron chi connectivity index (χ2n) is 4.09. The highest BCUT2D eigenvalue weighted by molar-refractivity contribution is 9.10. The van der Waals surface area contributed by atoms with Crippen molar-refractivity contribution in [2.45, 2.75) is 19.1 Å². The van der Waals surface area contributed by atoms with E-state index in [2.05, 4.69) is 33.1 Å². The number of hydrogen-bond acceptors (Lipinski definition) is 2. The van der Waals surface area contributed by atoms with E-state index in [4.69, 9.17) is 0 Å². The smallest absolute Gasteiger partial charge is 0.374 e. The van der Waals surface area contributed by atoms with Crippen molar-refractivity contribution in [1.82, 2.24) is 5.32 Å². The second kappa shape index (κ2) is 6.78. The van der Waals surface area contributed by atoms with Gasteiger partial charge in [-0.15, -0.1) is 6.58 Å². The van der Waals surface area contributed by atoms with Gasteiger partial charge in [-0.05, 0) is 25.1 Å². The zero-order chi connectivity index (χ0) is 15.3. The van der Waals surface area contributed by atoms with Crippen LogP contribution in [0.4, 0.5) is 18.9 Å². The summed E-state index contributed by atoms with van der Waals surface area (Å²) in [5.41, 5.74) is -0.567. The van der Waals surface area contributed by atoms with E-state index in [1.165, 1.54) is 18.2 Å². The molecule has 0 aromatic heterocycles. The first-order chi connectivity index (χ1) is 9.25. The first-order valence-corrected chi connectivity index (χ1v) is 6.57. The Labute approximate surface area is 123 Å². The fourth-order valence-corrected chi connectivity index (χ4v) is 1.95. The van der Waals surface area contributed by atoms with E-state index in [1.54, 1.807) is 6.92 Å². The summed E-state index contributed by atoms with van der Waals surface area (Å²) in [5.74, 6) is -0.318. The van der Waals surface area contributed by atoms with Crippen LogP contribution in [0.1, 0.15) is 12.5 Å². The fraction of sp³-hybridized carbons (Fsp3) is 0.308. The first kappa shape index (κ1) is 16.6. The highest BCUT2D eigenvalue weighted by atomic mass is 79.9. The standard InChI is InChI=1S/C13H14BrF3N2O/c1-3-6-18-12(20)8(2)19-9-4-5-11(14)10(7-9)13(15,16)17/h3-5,7-8,19H,1,6H2,2H3,(H,18,20). The molecule has 1 aromatic carbocycles. The van der Waals surface area contributed by atoms with Gasteiger partial charge in [0.05, 0.1) is 5.56 Å². The van der Waals surface area contributed by atoms with Crippen molar-refractivity contribution >= 4 is 27.5 Å². The van der Waals surface area contributed by atoms with Crippen molar-refractivity contribution in [3.05, 3.63) is 40.9 Å². The molecular formula is C13H14BrF3N2O. The molecule has 0 aliphatic rings. The maximum Gasteiger partial charge on any atom is 0.417 e. The maximum atomic E-state index is 12.7. The van der Waals surface area contributed by atoms with Gasteiger partial charge in [-0.3, -0.25) is 4.79 Å². The first-order valence-electron chi connectivity index (χ1n) is 5.77. The van der Waals surface area contributed by atoms with Crippen molar-refractivity contribution in [2.75, 3.05) is 11.9 Å². The summed E-state index contributed by atoms with van der Waals surface area (Å²) < 4.78 is 38.2. The van der Waals surface area contributed by atoms with Crippen LogP contribution in [-0.4, -0.2) is 18.5 Å². The van der Waals surface area contributed by atoms with E-state index in [-0.39, 0.29) is 16.1 Å². The van der Waals surface area contributed by atoms with Gasteiger partial charge in [0.15, 0.2) is 0 Å². The number of halogens is 4. The third-order valence-corrected chi connectivity index (χ3v) is 3.16. The Bertz CT molecular complexity index is 503. The Morgan fingerprint density at radius 1 is 1.50 bits per heavy atom. The van der Waals surface area contributed by atoms with Gasteiger partial charge in [0, 0.05) is 16.7 Å². The molecule has 0 aliphatic carbocycles. The molecule has 0 heterocycles. The van der Waals surface area contributed by atoms with Crippen molar-refractivity contribution in [3.63, 3.8) is 0 Å². The summed E-state index contributed by atoms with van der Waals surface area (Å²) >= 11 is 2.86. The van der Waals surface area contributed by atoms with Crippen LogP contribution < -0.4 is 10.6 Å². The van der Waals surface area contributed by atoms with Gasteiger partial charge in [-0.1, -0.05) is 22.0 Å². The Hall–Kier alpha value is -1.50. The lowest BCUT2D eigenvalue weighted by Gasteiger charge is -2.17. The number of rotatable bonds is 5. The molecule has 1 aromatic rings. The van der Waals surface area contributed by atoms with E-state index in [9.17, 15) is 18.0 Å². The number of anilines is 1. The summed E-state index contributed by atoms with van der Waals surface area (Å²) in [4.78, 5) is 11.6. The van der Waals surface area contributed by atoms with Gasteiger partial charge < -0.3 is 10.6 Å². The number of hydrogen-bond donors (Lipinski definition) is 2. The number of alkyl halides is 3. The molecule has 0 radical (unpaired) electrons. The SMILES string of the molecule is C=CCNC(=O)C(C)Nc1ccc(Br)c(C(F)(F)F)c1. The highest BCUT2D eigenvalue weighted by Crippen LogP contribution is 2.36. The maximum absolute atomic E-state index is 12.7. The molecule has 7 heteroatoms. The molecule has 0 saturated heterocycles. The number of amides is 1. The highest BCUT2D eigenvalue weighted by Gasteiger charge is 2.33. The predicted octanol–water partition coefficient (Wildman–Crippen LogP) is 3.57. The van der Waals surface area contributed by atoms with Gasteiger partial charge in [-0.2, -0.15) is 13.2 Å². The summed E-state index contributed by atoms with van der Waals surface area (Å²) in [7, 11) is 0. The van der Waals surface area contributed by atoms with Crippen LogP contribution in [0.2, 0.25) is 0 Å². The molecule has 110 valence electrons. The van der Waals surface area contributed by atoms with Gasteiger partial charge >= 0.3 is 6.18 Å². The lowest BCUT2D eigenvalue weighted by atomic mass is 10.2. The van der Waals surface area contributed by atoms with E-state index in [0.717, 1.165) is 6.07 Å². The Morgan fingerprint density at radius 3 is 2.70 bits per heavy atom. The Kier molecular flexibility index (Phi) is 5.62. The average Bonchev–Trinajstić information content (AvgIpc) is 2.36. The quantitative estimate of drug-likeness (QED) is 0.797. The van der Waals surface area contributed by atoms with E-state index in [1.807, 2.05) is 0 Å². The van der Waals surface area contributed by atoms with Crippen molar-refractivity contribution in [1.29, 1.82) is 0 Å². The van der Waals surface area contributed by atoms with Gasteiger partial charge in [0.25, 0.3) is 0 Å². The van der Waals surface area contributed by atoms with Crippen LogP contribution in [0.5, 0.6) is 0 Å². The van der Waals surface area contributed by atoms with Crippen LogP contribution in [0.3, 0.4) is 0 Å². The zero-order valence-electron chi connectivity index (χ0n) is 10.7. The molecule has 0 aliphatic heterocycles. The molecule has 1 rings (SSSR count). The number of nitrogens with one attached hydrogen (secondary N) is 2. The van der Waals surface area contributed by atoms with Crippen LogP contribution in [0, 0.1) is 0 Å². The summed E-state index contributed by atoms with van der Waals surface area (Å²) in [6, 6.07) is 3.06. The van der Waals surface area contributed by atoms with Gasteiger partial charge in [0.1, 0.15) is 6.04 Å². The Morgan fingerprint density at radius 2 is 2.15 bits per heavy atom. The van der Waals surface area contributed by atoms with Crippen molar-refractivity contribution < 1.29 is 18.0 Å². The largest absolute Gasteiger partial charge is 0.417 e. The van der Waals surface area contributed by atoms with Gasteiger partial charge in [0.2, 0.25) is 5.91 Å². The molecule has 1 amide bonds. The van der Waals surface area contributed by atoms with Crippen molar-refractivity contribution in [3.8, 4) is 0 Å². The second-order valence-corrected chi connectivity index (χ2v) is 4.95. The number of carbonyl (C=O) groups is 1. The molecule has 20 heavy (non-hydrogen) atoms. The van der Waals surface area contributed by atoms with Gasteiger partial charge in [-0.25, -0.2) is 0 Å². The lowest BCUT2D eigenvalue weighted by molar-refractivity contribution is -0.138. The minimum absolute atomic E-state index is 0.0423. The molecule has 2 N–H and O–H groups in total. The Balaban J connectivity index is 2.83. The summed E-state index contributed by atoms with van der Waals surface area (Å²) in [5, 5.41) is 5.28. The fourth-order valence-electron chi connectivity index (χ4n) is 1.47. The summed E-state index contributed by atoms with van der Waals surface area (Å²) in [6.07, 6.45) is -2.93. The van der Waals surface area contributed by atoms with Crippen LogP contribution in [0.25, 0.3) is 0 Å². The minimum atomic E-state index is -4.45. The van der Waals surface area contributed by atoms with E-state index in [0.29, 0.717) is 6.54 Å². The van der Waals surface area contributed by atoms with Crippen LogP contribution >= 0.6 is 15.9 Å². The molecular weight excluding hydrogens is 337 g/mol. The predicted molar refractivity (Wildman–Crippen MR) is 75.4 cm³/mol.